The van der Waals surface area contributed by atoms with Gasteiger partial charge in [0.1, 0.15) is 0 Å². The molecule has 1 aromatic heterocycles. The highest BCUT2D eigenvalue weighted by Crippen LogP contribution is 2.13. The van der Waals surface area contributed by atoms with Gasteiger partial charge in [-0.1, -0.05) is 29.8 Å². The highest BCUT2D eigenvalue weighted by atomic mass is 16.5. The molecule has 0 unspecified atom stereocenters. The normalized spacial score (nSPS) is 14.7. The predicted octanol–water partition coefficient (Wildman–Crippen LogP) is 3.03. The largest absolute Gasteiger partial charge is 0.341 e. The lowest BCUT2D eigenvalue weighted by Crippen LogP contribution is -2.37. The van der Waals surface area contributed by atoms with Crippen molar-refractivity contribution in [1.29, 1.82) is 0 Å². The van der Waals surface area contributed by atoms with Crippen molar-refractivity contribution in [3.8, 4) is 0 Å². The number of aryl methyl sites for hydroxylation is 3. The van der Waals surface area contributed by atoms with E-state index in [1.54, 1.807) is 0 Å². The number of aromatic nitrogens is 2. The Balaban J connectivity index is 1.45. The Kier molecular flexibility index (Phi) is 7.38. The molecule has 2 heterocycles. The molecule has 0 atom stereocenters. The molecule has 1 aromatic carbocycles. The molecule has 2 aromatic rings. The number of carbonyl (C=O) groups excluding carboxylic acids is 2. The minimum atomic E-state index is 0.0438. The maximum Gasteiger partial charge on any atom is 0.253 e. The van der Waals surface area contributed by atoms with Crippen LogP contribution in [0.3, 0.4) is 0 Å². The molecule has 156 valence electrons. The van der Waals surface area contributed by atoms with Crippen molar-refractivity contribution in [3.63, 3.8) is 0 Å². The number of hydrogen-bond donors (Lipinski definition) is 0. The van der Waals surface area contributed by atoms with E-state index in [2.05, 4.69) is 17.1 Å². The molecule has 7 heteroatoms. The molecule has 1 aliphatic heterocycles. The van der Waals surface area contributed by atoms with E-state index in [1.807, 2.05) is 41.0 Å². The molecule has 1 aliphatic rings. The zero-order chi connectivity index (χ0) is 20.6. The second-order valence-corrected chi connectivity index (χ2v) is 7.60. The van der Waals surface area contributed by atoms with Crippen molar-refractivity contribution in [1.82, 2.24) is 19.9 Å². The zero-order valence-corrected chi connectivity index (χ0v) is 17.4. The highest BCUT2D eigenvalue weighted by molar-refractivity contribution is 5.94. The molecular formula is C22H30N4O3. The number of rotatable bonds is 7. The minimum absolute atomic E-state index is 0.0438. The summed E-state index contributed by atoms with van der Waals surface area (Å²) in [5, 5.41) is 3.94. The number of benzene rings is 1. The Bertz CT molecular complexity index is 833. The maximum absolute atomic E-state index is 12.8. The van der Waals surface area contributed by atoms with E-state index in [4.69, 9.17) is 4.52 Å². The van der Waals surface area contributed by atoms with Crippen LogP contribution in [0.25, 0.3) is 0 Å². The van der Waals surface area contributed by atoms with E-state index < -0.39 is 0 Å². The van der Waals surface area contributed by atoms with Crippen molar-refractivity contribution < 1.29 is 14.1 Å². The third-order valence-electron chi connectivity index (χ3n) is 5.17. The summed E-state index contributed by atoms with van der Waals surface area (Å²) in [6.45, 7) is 6.58. The van der Waals surface area contributed by atoms with Gasteiger partial charge in [0.15, 0.2) is 5.82 Å². The number of carbonyl (C=O) groups is 2. The number of hydrogen-bond acceptors (Lipinski definition) is 5. The van der Waals surface area contributed by atoms with Gasteiger partial charge in [-0.15, -0.1) is 0 Å². The molecule has 29 heavy (non-hydrogen) atoms. The molecular weight excluding hydrogens is 368 g/mol. The fourth-order valence-corrected chi connectivity index (χ4v) is 3.60. The summed E-state index contributed by atoms with van der Waals surface area (Å²) in [6.07, 6.45) is 4.36. The van der Waals surface area contributed by atoms with Crippen LogP contribution in [-0.4, -0.2) is 57.9 Å². The summed E-state index contributed by atoms with van der Waals surface area (Å²) in [7, 11) is 0. The Hall–Kier alpha value is -2.70. The van der Waals surface area contributed by atoms with Gasteiger partial charge in [-0.25, -0.2) is 0 Å². The van der Waals surface area contributed by atoms with E-state index in [9.17, 15) is 9.59 Å². The molecule has 0 radical (unpaired) electrons. The van der Waals surface area contributed by atoms with Gasteiger partial charge in [0.05, 0.1) is 0 Å². The lowest BCUT2D eigenvalue weighted by molar-refractivity contribution is -0.131. The number of amides is 2. The van der Waals surface area contributed by atoms with Gasteiger partial charge in [0.25, 0.3) is 5.91 Å². The summed E-state index contributed by atoms with van der Waals surface area (Å²) < 4.78 is 5.23. The molecule has 0 bridgehead atoms. The van der Waals surface area contributed by atoms with Crippen LogP contribution in [-0.2, 0) is 17.6 Å². The molecule has 0 N–H and O–H groups in total. The van der Waals surface area contributed by atoms with Gasteiger partial charge >= 0.3 is 0 Å². The Morgan fingerprint density at radius 2 is 1.90 bits per heavy atom. The molecule has 1 fully saturated rings. The molecule has 0 aliphatic carbocycles. The van der Waals surface area contributed by atoms with Gasteiger partial charge in [-0.2, -0.15) is 4.98 Å². The first kappa shape index (κ1) is 21.0. The third kappa shape index (κ3) is 5.89. The monoisotopic (exact) mass is 398 g/mol. The van der Waals surface area contributed by atoms with E-state index in [0.29, 0.717) is 56.9 Å². The second kappa shape index (κ2) is 10.2. The molecule has 1 saturated heterocycles. The molecule has 3 rings (SSSR count). The summed E-state index contributed by atoms with van der Waals surface area (Å²) >= 11 is 0. The van der Waals surface area contributed by atoms with Crippen LogP contribution in [0.5, 0.6) is 0 Å². The van der Waals surface area contributed by atoms with Crippen molar-refractivity contribution in [2.45, 2.75) is 52.4 Å². The first-order valence-electron chi connectivity index (χ1n) is 10.5. The fraction of sp³-hybridized carbons (Fsp3) is 0.545. The predicted molar refractivity (Wildman–Crippen MR) is 110 cm³/mol. The van der Waals surface area contributed by atoms with Crippen molar-refractivity contribution in [2.24, 2.45) is 0 Å². The van der Waals surface area contributed by atoms with E-state index in [-0.39, 0.29) is 11.8 Å². The fourth-order valence-electron chi connectivity index (χ4n) is 3.60. The molecule has 2 amide bonds. The van der Waals surface area contributed by atoms with Crippen LogP contribution in [0.2, 0.25) is 0 Å². The first-order valence-corrected chi connectivity index (χ1v) is 10.5. The molecule has 7 nitrogen and oxygen atoms in total. The van der Waals surface area contributed by atoms with Gasteiger partial charge in [-0.05, 0) is 38.3 Å². The Morgan fingerprint density at radius 3 is 2.69 bits per heavy atom. The van der Waals surface area contributed by atoms with Crippen LogP contribution in [0.15, 0.2) is 28.8 Å². The van der Waals surface area contributed by atoms with Crippen LogP contribution in [0.1, 0.15) is 60.2 Å². The minimum Gasteiger partial charge on any atom is -0.341 e. The summed E-state index contributed by atoms with van der Waals surface area (Å²) in [5.41, 5.74) is 1.79. The molecule has 0 spiro atoms. The second-order valence-electron chi connectivity index (χ2n) is 7.60. The Morgan fingerprint density at radius 1 is 1.10 bits per heavy atom. The van der Waals surface area contributed by atoms with Crippen LogP contribution >= 0.6 is 0 Å². The maximum atomic E-state index is 12.8. The van der Waals surface area contributed by atoms with Gasteiger partial charge in [0, 0.05) is 51.0 Å². The van der Waals surface area contributed by atoms with Gasteiger partial charge in [-0.3, -0.25) is 9.59 Å². The molecule has 0 saturated carbocycles. The highest BCUT2D eigenvalue weighted by Gasteiger charge is 2.22. The van der Waals surface area contributed by atoms with Crippen LogP contribution < -0.4 is 0 Å². The van der Waals surface area contributed by atoms with Crippen molar-refractivity contribution >= 4 is 11.8 Å². The lowest BCUT2D eigenvalue weighted by Gasteiger charge is -2.22. The van der Waals surface area contributed by atoms with E-state index in [1.165, 1.54) is 0 Å². The lowest BCUT2D eigenvalue weighted by atomic mass is 10.1. The summed E-state index contributed by atoms with van der Waals surface area (Å²) in [5.74, 6) is 1.51. The van der Waals surface area contributed by atoms with Crippen molar-refractivity contribution in [2.75, 3.05) is 26.2 Å². The van der Waals surface area contributed by atoms with E-state index >= 15 is 0 Å². The summed E-state index contributed by atoms with van der Waals surface area (Å²) in [4.78, 5) is 33.4. The van der Waals surface area contributed by atoms with Gasteiger partial charge in [0.2, 0.25) is 11.8 Å². The number of nitrogens with zero attached hydrogens (tertiary/aromatic N) is 4. The topological polar surface area (TPSA) is 79.5 Å². The zero-order valence-electron chi connectivity index (χ0n) is 17.4. The Labute approximate surface area is 172 Å². The standard InChI is InChI=1S/C22H30N4O3/c1-3-7-19-23-20(29-24-19)10-5-11-21(27)25-12-6-13-26(15-14-25)22(28)18-9-4-8-17(2)16-18/h4,8-9,16H,3,5-7,10-15H2,1-2H3. The first-order chi connectivity index (χ1) is 14.1. The SMILES string of the molecule is CCCc1noc(CCCC(=O)N2CCCN(C(=O)c3cccc(C)c3)CC2)n1. The van der Waals surface area contributed by atoms with Crippen LogP contribution in [0, 0.1) is 6.92 Å². The average molecular weight is 399 g/mol. The van der Waals surface area contributed by atoms with Gasteiger partial charge < -0.3 is 14.3 Å². The smallest absolute Gasteiger partial charge is 0.253 e. The van der Waals surface area contributed by atoms with Crippen LogP contribution in [0.4, 0.5) is 0 Å². The van der Waals surface area contributed by atoms with E-state index in [0.717, 1.165) is 30.7 Å². The van der Waals surface area contributed by atoms with Crippen molar-refractivity contribution in [3.05, 3.63) is 47.1 Å². The average Bonchev–Trinajstić information content (AvgIpc) is 3.01. The quantitative estimate of drug-likeness (QED) is 0.716. The third-order valence-corrected chi connectivity index (χ3v) is 5.17. The summed E-state index contributed by atoms with van der Waals surface area (Å²) in [6, 6.07) is 7.66.